The molecule has 0 atom stereocenters. The average Bonchev–Trinajstić information content (AvgIpc) is 1.90. The predicted octanol–water partition coefficient (Wildman–Crippen LogP) is 0.482. The highest BCUT2D eigenvalue weighted by atomic mass is 127. The molecular formula is C6H12IN2+. The maximum atomic E-state index is 2.60. The van der Waals surface area contributed by atoms with Gasteiger partial charge in [-0.15, -0.1) is 0 Å². The van der Waals surface area contributed by atoms with E-state index in [1.807, 2.05) is 0 Å². The van der Waals surface area contributed by atoms with Gasteiger partial charge in [0.05, 0.1) is 19.6 Å². The Bertz CT molecular complexity index is 104. The first-order valence-corrected chi connectivity index (χ1v) is 4.53. The Hall–Kier alpha value is 0.650. The minimum atomic E-state index is 1.31. The maximum Gasteiger partial charge on any atom is 0.248 e. The fourth-order valence-electron chi connectivity index (χ4n) is 1.63. The number of nitrogens with zero attached hydrogens (tertiary/aromatic N) is 2. The van der Waals surface area contributed by atoms with Crippen molar-refractivity contribution in [3.8, 4) is 0 Å². The van der Waals surface area contributed by atoms with E-state index >= 15 is 0 Å². The Balaban J connectivity index is 2.11. The lowest BCUT2D eigenvalue weighted by molar-refractivity contribution is -0.772. The molecule has 9 heavy (non-hydrogen) atoms. The zero-order chi connectivity index (χ0) is 6.32. The van der Waals surface area contributed by atoms with Gasteiger partial charge >= 0.3 is 0 Å². The van der Waals surface area contributed by atoms with Gasteiger partial charge in [0, 0.05) is 19.6 Å². The van der Waals surface area contributed by atoms with Crippen LogP contribution in [-0.2, 0) is 0 Å². The number of rotatable bonds is 0. The van der Waals surface area contributed by atoms with Crippen LogP contribution < -0.4 is 0 Å². The molecule has 3 rings (SSSR count). The second-order valence-corrected chi connectivity index (χ2v) is 5.09. The molecule has 2 nitrogen and oxygen atoms in total. The van der Waals surface area contributed by atoms with Crippen molar-refractivity contribution >= 4 is 22.9 Å². The predicted molar refractivity (Wildman–Crippen MR) is 45.3 cm³/mol. The van der Waals surface area contributed by atoms with Gasteiger partial charge in [-0.25, -0.2) is 0 Å². The summed E-state index contributed by atoms with van der Waals surface area (Å²) in [6, 6.07) is 0. The van der Waals surface area contributed by atoms with Crippen molar-refractivity contribution in [2.75, 3.05) is 39.3 Å². The number of piperazine rings is 3. The topological polar surface area (TPSA) is 3.24 Å². The van der Waals surface area contributed by atoms with Gasteiger partial charge in [-0.2, -0.15) is 0 Å². The van der Waals surface area contributed by atoms with Crippen LogP contribution in [0.15, 0.2) is 0 Å². The van der Waals surface area contributed by atoms with E-state index in [0.29, 0.717) is 0 Å². The van der Waals surface area contributed by atoms with Crippen LogP contribution in [0.2, 0.25) is 0 Å². The van der Waals surface area contributed by atoms with Gasteiger partial charge in [0.2, 0.25) is 22.9 Å². The van der Waals surface area contributed by atoms with E-state index in [1.165, 1.54) is 42.0 Å². The van der Waals surface area contributed by atoms with Crippen molar-refractivity contribution in [2.24, 2.45) is 0 Å². The van der Waals surface area contributed by atoms with Crippen LogP contribution in [-0.4, -0.2) is 46.9 Å². The molecule has 3 saturated heterocycles. The molecule has 0 aromatic carbocycles. The first kappa shape index (κ1) is 6.37. The molecule has 0 aliphatic carbocycles. The minimum Gasteiger partial charge on any atom is -0.287 e. The van der Waals surface area contributed by atoms with Crippen molar-refractivity contribution in [1.82, 2.24) is 4.90 Å². The van der Waals surface area contributed by atoms with Crippen LogP contribution in [0, 0.1) is 0 Å². The quantitative estimate of drug-likeness (QED) is 0.439. The number of hydrogen-bond acceptors (Lipinski definition) is 1. The zero-order valence-electron chi connectivity index (χ0n) is 5.52. The lowest BCUT2D eigenvalue weighted by Gasteiger charge is -2.45. The van der Waals surface area contributed by atoms with Gasteiger partial charge in [0.15, 0.2) is 0 Å². The van der Waals surface area contributed by atoms with Crippen LogP contribution in [0.5, 0.6) is 0 Å². The molecule has 2 bridgehead atoms. The van der Waals surface area contributed by atoms with Gasteiger partial charge < -0.3 is 0 Å². The summed E-state index contributed by atoms with van der Waals surface area (Å²) in [5.74, 6) is 0. The largest absolute Gasteiger partial charge is 0.287 e. The fraction of sp³-hybridized carbons (Fsp3) is 1.00. The third kappa shape index (κ3) is 1.10. The molecule has 0 aromatic heterocycles. The summed E-state index contributed by atoms with van der Waals surface area (Å²) >= 11 is 2.60. The molecule has 3 heterocycles. The Morgan fingerprint density at radius 1 is 1.00 bits per heavy atom. The van der Waals surface area contributed by atoms with Gasteiger partial charge in [-0.3, -0.25) is 7.60 Å². The van der Waals surface area contributed by atoms with Crippen molar-refractivity contribution in [3.05, 3.63) is 0 Å². The van der Waals surface area contributed by atoms with Crippen LogP contribution in [0.1, 0.15) is 0 Å². The number of hydrogen-bond donors (Lipinski definition) is 0. The molecule has 3 aliphatic rings. The molecule has 0 saturated carbocycles. The Morgan fingerprint density at radius 2 is 1.44 bits per heavy atom. The Morgan fingerprint density at radius 3 is 1.67 bits per heavy atom. The van der Waals surface area contributed by atoms with Gasteiger partial charge in [0.25, 0.3) is 0 Å². The smallest absolute Gasteiger partial charge is 0.248 e. The summed E-state index contributed by atoms with van der Waals surface area (Å²) in [7, 11) is 0. The monoisotopic (exact) mass is 239 g/mol. The fourth-order valence-corrected chi connectivity index (χ4v) is 2.28. The number of quaternary nitrogens is 1. The zero-order valence-corrected chi connectivity index (χ0v) is 7.67. The van der Waals surface area contributed by atoms with Gasteiger partial charge in [0.1, 0.15) is 0 Å². The van der Waals surface area contributed by atoms with E-state index in [-0.39, 0.29) is 0 Å². The van der Waals surface area contributed by atoms with E-state index in [4.69, 9.17) is 0 Å². The van der Waals surface area contributed by atoms with Crippen molar-refractivity contribution in [1.29, 1.82) is 0 Å². The summed E-state index contributed by atoms with van der Waals surface area (Å²) in [5, 5.41) is 0. The summed E-state index contributed by atoms with van der Waals surface area (Å²) in [4.78, 5) is 2.57. The molecule has 3 fully saturated rings. The molecule has 0 spiro atoms. The lowest BCUT2D eigenvalue weighted by atomic mass is 10.2. The molecule has 0 amide bonds. The second kappa shape index (κ2) is 2.07. The third-order valence-electron chi connectivity index (χ3n) is 2.45. The minimum absolute atomic E-state index is 1.31. The van der Waals surface area contributed by atoms with Crippen molar-refractivity contribution < 1.29 is 2.70 Å². The first-order valence-electron chi connectivity index (χ1n) is 3.57. The van der Waals surface area contributed by atoms with Crippen molar-refractivity contribution in [3.63, 3.8) is 0 Å². The van der Waals surface area contributed by atoms with E-state index in [0.717, 1.165) is 0 Å². The van der Waals surface area contributed by atoms with Crippen molar-refractivity contribution in [2.45, 2.75) is 0 Å². The van der Waals surface area contributed by atoms with Crippen LogP contribution in [0.3, 0.4) is 0 Å². The highest BCUT2D eigenvalue weighted by Crippen LogP contribution is 2.24. The molecule has 3 aliphatic heterocycles. The molecule has 3 heteroatoms. The van der Waals surface area contributed by atoms with E-state index in [1.54, 1.807) is 0 Å². The molecule has 52 valence electrons. The second-order valence-electron chi connectivity index (χ2n) is 3.04. The molecule has 0 aromatic rings. The molecule has 0 unspecified atom stereocenters. The lowest BCUT2D eigenvalue weighted by Crippen LogP contribution is -2.61. The van der Waals surface area contributed by atoms with E-state index in [9.17, 15) is 0 Å². The molecule has 0 N–H and O–H groups in total. The average molecular weight is 239 g/mol. The highest BCUT2D eigenvalue weighted by Gasteiger charge is 2.36. The SMILES string of the molecule is I[N+]12CCN(CC1)CC2. The summed E-state index contributed by atoms with van der Waals surface area (Å²) in [5.41, 5.74) is 0. The summed E-state index contributed by atoms with van der Waals surface area (Å²) in [6.45, 7) is 8.14. The van der Waals surface area contributed by atoms with Gasteiger partial charge in [-0.05, 0) is 0 Å². The van der Waals surface area contributed by atoms with Crippen LogP contribution in [0.25, 0.3) is 0 Å². The third-order valence-corrected chi connectivity index (χ3v) is 3.90. The Kier molecular flexibility index (Phi) is 1.46. The summed E-state index contributed by atoms with van der Waals surface area (Å²) < 4.78 is 1.31. The van der Waals surface area contributed by atoms with Crippen LogP contribution >= 0.6 is 22.9 Å². The summed E-state index contributed by atoms with van der Waals surface area (Å²) in [6.07, 6.45) is 0. The van der Waals surface area contributed by atoms with Crippen LogP contribution in [0.4, 0.5) is 0 Å². The normalized spacial score (nSPS) is 49.7. The number of fused-ring (bicyclic) bond motifs is 3. The van der Waals surface area contributed by atoms with E-state index < -0.39 is 0 Å². The maximum absolute atomic E-state index is 2.60. The first-order chi connectivity index (χ1) is 4.29. The highest BCUT2D eigenvalue weighted by molar-refractivity contribution is 14.1. The molecule has 0 radical (unpaired) electrons. The van der Waals surface area contributed by atoms with E-state index in [2.05, 4.69) is 27.8 Å². The standard InChI is InChI=1S/C6H12IN2/c7-9-4-1-8(2-5-9)3-6-9/h1-6H2/q+1. The Labute approximate surface area is 69.9 Å². The number of halogens is 1. The van der Waals surface area contributed by atoms with Gasteiger partial charge in [-0.1, -0.05) is 0 Å². The molecular weight excluding hydrogens is 227 g/mol.